The van der Waals surface area contributed by atoms with Crippen molar-refractivity contribution in [2.45, 2.75) is 44.2 Å². The summed E-state index contributed by atoms with van der Waals surface area (Å²) in [5.74, 6) is -2.41. The number of amides is 2. The van der Waals surface area contributed by atoms with Gasteiger partial charge in [0.15, 0.2) is 17.3 Å². The number of hydrogen-bond donors (Lipinski definition) is 4. The molecule has 1 saturated heterocycles. The predicted octanol–water partition coefficient (Wildman–Crippen LogP) is 4.71. The molecule has 7 rings (SSSR count). The minimum Gasteiger partial charge on any atom is -0.504 e. The summed E-state index contributed by atoms with van der Waals surface area (Å²) in [7, 11) is -3.64. The van der Waals surface area contributed by atoms with Crippen molar-refractivity contribution in [2.24, 2.45) is 0 Å². The number of fused-ring (bicyclic) bond motifs is 1. The smallest absolute Gasteiger partial charge is 0.416 e. The first-order valence-corrected chi connectivity index (χ1v) is 19.3. The lowest BCUT2D eigenvalue weighted by Gasteiger charge is -2.37. The van der Waals surface area contributed by atoms with Crippen LogP contribution in [0.5, 0.6) is 11.5 Å². The van der Waals surface area contributed by atoms with E-state index in [9.17, 15) is 46.2 Å². The fraction of sp³-hybridized carbons (Fsp3) is 0.306. The molecule has 3 aromatic carbocycles. The van der Waals surface area contributed by atoms with E-state index in [-0.39, 0.29) is 77.4 Å². The Morgan fingerprint density at radius 2 is 1.70 bits per heavy atom. The van der Waals surface area contributed by atoms with Gasteiger partial charge in [0.1, 0.15) is 12.2 Å². The van der Waals surface area contributed by atoms with Crippen LogP contribution >= 0.6 is 11.6 Å². The molecule has 0 spiro atoms. The quantitative estimate of drug-likeness (QED) is 0.144. The van der Waals surface area contributed by atoms with Gasteiger partial charge in [0.25, 0.3) is 11.5 Å². The van der Waals surface area contributed by atoms with Gasteiger partial charge in [-0.25, -0.2) is 8.42 Å². The summed E-state index contributed by atoms with van der Waals surface area (Å²) in [6.45, 7) is 1.81. The Hall–Kier alpha value is -5.82. The van der Waals surface area contributed by atoms with E-state index in [0.717, 1.165) is 16.6 Å². The lowest BCUT2D eigenvalue weighted by atomic mass is 10.1. The van der Waals surface area contributed by atoms with Crippen molar-refractivity contribution in [3.63, 3.8) is 0 Å². The molecule has 2 aromatic heterocycles. The lowest BCUT2D eigenvalue weighted by molar-refractivity contribution is -0.137. The predicted molar refractivity (Wildman–Crippen MR) is 201 cm³/mol. The Bertz CT molecular complexity index is 2550. The molecule has 20 heteroatoms. The number of piperazine rings is 1. The Balaban J connectivity index is 1.22. The second-order valence-corrected chi connectivity index (χ2v) is 15.6. The van der Waals surface area contributed by atoms with Gasteiger partial charge >= 0.3 is 6.18 Å². The SMILES string of the molecule is CCc1c(N2CCN(C(=O)c3ccccc3NS(=O)(=O)C3CC3)CC2)c(=O)n2nc(-c3cccc(O)c3O)nc2n1CC(=O)Nc1ccc(C(F)(F)F)cc1Cl. The van der Waals surface area contributed by atoms with Crippen LogP contribution in [0.3, 0.4) is 0 Å². The van der Waals surface area contributed by atoms with Crippen molar-refractivity contribution in [1.29, 1.82) is 0 Å². The number of hydrogen-bond acceptors (Lipinski definition) is 10. The Morgan fingerprint density at radius 3 is 2.36 bits per heavy atom. The molecule has 5 aromatic rings. The van der Waals surface area contributed by atoms with E-state index < -0.39 is 62.4 Å². The highest BCUT2D eigenvalue weighted by Gasteiger charge is 2.37. The summed E-state index contributed by atoms with van der Waals surface area (Å²) in [6, 6.07) is 12.9. The van der Waals surface area contributed by atoms with Gasteiger partial charge in [-0.1, -0.05) is 36.7 Å². The minimum atomic E-state index is -4.66. The standard InChI is InChI=1S/C36H34ClF3N8O7S/c1-2-27-30(45-14-16-46(17-15-45)33(52)22-6-3-4-8-25(22)44-56(54,55)21-11-12-21)34(53)48-35(42-32(43-48)23-7-5-9-28(49)31(23)51)47(27)19-29(50)41-26-13-10-20(18-24(26)37)36(38,39)40/h3-10,13,18,21,44,49,51H,2,11-12,14-17,19H2,1H3,(H,41,50). The molecule has 4 N–H and O–H groups in total. The highest BCUT2D eigenvalue weighted by atomic mass is 35.5. The molecule has 1 aliphatic heterocycles. The maximum Gasteiger partial charge on any atom is 0.416 e. The average Bonchev–Trinajstić information content (AvgIpc) is 3.94. The number of alkyl halides is 3. The summed E-state index contributed by atoms with van der Waals surface area (Å²) in [6.07, 6.45) is -3.38. The molecule has 0 radical (unpaired) electrons. The molecule has 2 amide bonds. The zero-order valence-electron chi connectivity index (χ0n) is 29.5. The van der Waals surface area contributed by atoms with Crippen molar-refractivity contribution in [2.75, 3.05) is 41.1 Å². The van der Waals surface area contributed by atoms with E-state index in [0.29, 0.717) is 24.6 Å². The van der Waals surface area contributed by atoms with E-state index in [4.69, 9.17) is 11.6 Å². The topological polar surface area (TPSA) is 191 Å². The Kier molecular flexibility index (Phi) is 10.1. The minimum absolute atomic E-state index is 0.00735. The third-order valence-corrected chi connectivity index (χ3v) is 11.7. The summed E-state index contributed by atoms with van der Waals surface area (Å²) >= 11 is 6.11. The molecule has 15 nitrogen and oxygen atoms in total. The molecule has 0 bridgehead atoms. The molecule has 3 heterocycles. The molecular weight excluding hydrogens is 781 g/mol. The number of rotatable bonds is 10. The third-order valence-electron chi connectivity index (χ3n) is 9.54. The summed E-state index contributed by atoms with van der Waals surface area (Å²) in [5, 5.41) is 26.7. The number of para-hydroxylation sites is 2. The van der Waals surface area contributed by atoms with Crippen LogP contribution in [0.2, 0.25) is 5.02 Å². The second-order valence-electron chi connectivity index (χ2n) is 13.3. The molecule has 1 saturated carbocycles. The van der Waals surface area contributed by atoms with E-state index in [1.54, 1.807) is 28.9 Å². The number of sulfonamides is 1. The van der Waals surface area contributed by atoms with Crippen molar-refractivity contribution in [1.82, 2.24) is 24.1 Å². The third kappa shape index (κ3) is 7.43. The van der Waals surface area contributed by atoms with E-state index in [1.165, 1.54) is 34.9 Å². The van der Waals surface area contributed by atoms with Crippen LogP contribution in [0.4, 0.5) is 30.2 Å². The zero-order valence-corrected chi connectivity index (χ0v) is 31.1. The number of nitrogens with one attached hydrogen (secondary N) is 2. The van der Waals surface area contributed by atoms with Gasteiger partial charge in [-0.05, 0) is 61.7 Å². The van der Waals surface area contributed by atoms with E-state index in [2.05, 4.69) is 20.1 Å². The van der Waals surface area contributed by atoms with Crippen LogP contribution in [-0.2, 0) is 34.0 Å². The Labute approximate surface area is 322 Å². The van der Waals surface area contributed by atoms with Gasteiger partial charge in [0, 0.05) is 26.2 Å². The monoisotopic (exact) mass is 814 g/mol. The molecule has 2 fully saturated rings. The van der Waals surface area contributed by atoms with E-state index in [1.807, 2.05) is 0 Å². The maximum atomic E-state index is 14.3. The normalized spacial score (nSPS) is 14.9. The first-order valence-electron chi connectivity index (χ1n) is 17.4. The van der Waals surface area contributed by atoms with Crippen LogP contribution in [0.1, 0.15) is 41.4 Å². The number of carbonyl (C=O) groups is 2. The molecule has 2 aliphatic rings. The van der Waals surface area contributed by atoms with Crippen molar-refractivity contribution < 1.29 is 41.4 Å². The molecule has 56 heavy (non-hydrogen) atoms. The maximum absolute atomic E-state index is 14.3. The van der Waals surface area contributed by atoms with Crippen LogP contribution < -0.4 is 20.5 Å². The van der Waals surface area contributed by atoms with Crippen LogP contribution in [-0.4, -0.2) is 85.9 Å². The van der Waals surface area contributed by atoms with Gasteiger partial charge in [-0.15, -0.1) is 5.10 Å². The van der Waals surface area contributed by atoms with Crippen molar-refractivity contribution in [3.8, 4) is 22.9 Å². The highest BCUT2D eigenvalue weighted by Crippen LogP contribution is 2.36. The van der Waals surface area contributed by atoms with Crippen molar-refractivity contribution in [3.05, 3.63) is 92.9 Å². The molecule has 0 unspecified atom stereocenters. The number of carbonyl (C=O) groups excluding carboxylic acids is 2. The van der Waals surface area contributed by atoms with Gasteiger partial charge in [-0.3, -0.25) is 19.1 Å². The van der Waals surface area contributed by atoms with Gasteiger partial charge in [0.05, 0.1) is 44.0 Å². The van der Waals surface area contributed by atoms with E-state index >= 15 is 0 Å². The first-order chi connectivity index (χ1) is 26.6. The fourth-order valence-corrected chi connectivity index (χ4v) is 8.19. The van der Waals surface area contributed by atoms with Gasteiger partial charge in [0.2, 0.25) is 21.7 Å². The highest BCUT2D eigenvalue weighted by molar-refractivity contribution is 7.93. The summed E-state index contributed by atoms with van der Waals surface area (Å²) in [5.41, 5.74) is -0.900. The van der Waals surface area contributed by atoms with Crippen LogP contribution in [0.25, 0.3) is 17.2 Å². The number of aromatic nitrogens is 4. The molecular formula is C36H34ClF3N8O7S. The van der Waals surface area contributed by atoms with Crippen LogP contribution in [0.15, 0.2) is 65.5 Å². The van der Waals surface area contributed by atoms with Crippen LogP contribution in [0, 0.1) is 0 Å². The molecule has 0 atom stereocenters. The second kappa shape index (κ2) is 14.7. The lowest BCUT2D eigenvalue weighted by Crippen LogP contribution is -2.51. The first kappa shape index (κ1) is 38.5. The zero-order chi connectivity index (χ0) is 40.1. The summed E-state index contributed by atoms with van der Waals surface area (Å²) < 4.78 is 70.0. The number of aromatic hydroxyl groups is 2. The summed E-state index contributed by atoms with van der Waals surface area (Å²) in [4.78, 5) is 49.4. The van der Waals surface area contributed by atoms with Gasteiger partial charge in [-0.2, -0.15) is 22.7 Å². The average molecular weight is 815 g/mol. The largest absolute Gasteiger partial charge is 0.504 e. The van der Waals surface area contributed by atoms with Gasteiger partial charge < -0.3 is 29.9 Å². The number of phenolic OH excluding ortho intramolecular Hbond substituents is 2. The number of phenols is 2. The van der Waals surface area contributed by atoms with Crippen molar-refractivity contribution >= 4 is 56.3 Å². The number of benzene rings is 3. The molecule has 1 aliphatic carbocycles. The number of halogens is 4. The Morgan fingerprint density at radius 1 is 0.982 bits per heavy atom. The number of anilines is 3. The fourth-order valence-electron chi connectivity index (χ4n) is 6.56. The molecule has 294 valence electrons. The number of nitrogens with zero attached hydrogens (tertiary/aromatic N) is 6.